The molecule has 1 saturated carbocycles. The van der Waals surface area contributed by atoms with Crippen LogP contribution in [-0.2, 0) is 26.2 Å². The minimum absolute atomic E-state index is 0.00709. The first kappa shape index (κ1) is 27.6. The van der Waals surface area contributed by atoms with Crippen molar-refractivity contribution in [1.82, 2.24) is 14.5 Å². The Hall–Kier alpha value is -3.40. The molecule has 10 heteroatoms. The van der Waals surface area contributed by atoms with E-state index in [1.807, 2.05) is 12.1 Å². The summed E-state index contributed by atoms with van der Waals surface area (Å²) in [4.78, 5) is 40.7. The van der Waals surface area contributed by atoms with Gasteiger partial charge in [-0.1, -0.05) is 43.5 Å². The maximum Gasteiger partial charge on any atom is 0.269 e. The minimum atomic E-state index is -3.93. The number of nitrogens with zero attached hydrogens (tertiary/aromatic N) is 2. The Bertz CT molecular complexity index is 1270. The van der Waals surface area contributed by atoms with Crippen molar-refractivity contribution in [3.63, 3.8) is 0 Å². The van der Waals surface area contributed by atoms with Gasteiger partial charge in [-0.05, 0) is 56.0 Å². The number of carbonyl (C=O) groups is 3. The number of fused-ring (bicyclic) bond motifs is 1. The fraction of sp³-hybridized carbons (Fsp3) is 0.464. The lowest BCUT2D eigenvalue weighted by Gasteiger charge is -2.31. The number of benzene rings is 2. The second kappa shape index (κ2) is 12.0. The number of hydrogen-bond acceptors (Lipinski definition) is 6. The Labute approximate surface area is 224 Å². The van der Waals surface area contributed by atoms with Crippen LogP contribution in [0.2, 0.25) is 0 Å². The average molecular weight is 542 g/mol. The van der Waals surface area contributed by atoms with E-state index in [1.54, 1.807) is 38.3 Å². The molecule has 0 saturated heterocycles. The molecule has 0 aromatic heterocycles. The van der Waals surface area contributed by atoms with Crippen LogP contribution in [0.25, 0.3) is 0 Å². The molecule has 9 nitrogen and oxygen atoms in total. The molecule has 204 valence electrons. The number of sulfonamides is 1. The number of amides is 3. The topological polar surface area (TPSA) is 113 Å². The molecule has 0 unspecified atom stereocenters. The summed E-state index contributed by atoms with van der Waals surface area (Å²) in [5, 5.41) is 3.10. The molecule has 2 aromatic rings. The van der Waals surface area contributed by atoms with Gasteiger partial charge in [0, 0.05) is 25.6 Å². The second-order valence-corrected chi connectivity index (χ2v) is 11.7. The standard InChI is InChI=1S/C28H35N3O6S/c1-20(27(33)29-22-9-4-3-5-10-22)30(19-21-14-16-23(37-2)17-15-21)26(32)13-8-18-31-28(34)24-11-6-7-12-25(24)38(31,35)36/h6-7,11-12,14-17,20,22H,3-5,8-10,13,18-19H2,1-2H3,(H,29,33)/t20-/m1/s1. The Morgan fingerprint density at radius 1 is 1.08 bits per heavy atom. The first-order valence-corrected chi connectivity index (χ1v) is 14.5. The quantitative estimate of drug-likeness (QED) is 0.493. The molecule has 38 heavy (non-hydrogen) atoms. The van der Waals surface area contributed by atoms with E-state index in [0.29, 0.717) is 5.75 Å². The van der Waals surface area contributed by atoms with Crippen molar-refractivity contribution >= 4 is 27.7 Å². The van der Waals surface area contributed by atoms with Crippen LogP contribution in [-0.4, -0.2) is 61.1 Å². The third kappa shape index (κ3) is 6.01. The highest BCUT2D eigenvalue weighted by molar-refractivity contribution is 7.90. The van der Waals surface area contributed by atoms with Gasteiger partial charge < -0.3 is 15.0 Å². The van der Waals surface area contributed by atoms with E-state index in [-0.39, 0.29) is 54.2 Å². The molecular weight excluding hydrogens is 506 g/mol. The van der Waals surface area contributed by atoms with Crippen molar-refractivity contribution in [2.45, 2.75) is 75.4 Å². The maximum absolute atomic E-state index is 13.4. The Morgan fingerprint density at radius 2 is 1.76 bits per heavy atom. The molecule has 1 aliphatic heterocycles. The van der Waals surface area contributed by atoms with E-state index in [2.05, 4.69) is 5.32 Å². The van der Waals surface area contributed by atoms with Gasteiger partial charge in [0.15, 0.2) is 0 Å². The lowest BCUT2D eigenvalue weighted by Crippen LogP contribution is -2.50. The fourth-order valence-corrected chi connectivity index (χ4v) is 6.66. The van der Waals surface area contributed by atoms with Crippen molar-refractivity contribution in [3.05, 3.63) is 59.7 Å². The van der Waals surface area contributed by atoms with Gasteiger partial charge in [0.25, 0.3) is 15.9 Å². The summed E-state index contributed by atoms with van der Waals surface area (Å²) in [6.07, 6.45) is 5.34. The number of ether oxygens (including phenoxy) is 1. The van der Waals surface area contributed by atoms with Crippen molar-refractivity contribution in [1.29, 1.82) is 0 Å². The summed E-state index contributed by atoms with van der Waals surface area (Å²) in [6, 6.07) is 12.8. The summed E-state index contributed by atoms with van der Waals surface area (Å²) in [7, 11) is -2.36. The second-order valence-electron chi connectivity index (χ2n) is 9.87. The van der Waals surface area contributed by atoms with Gasteiger partial charge >= 0.3 is 0 Å². The molecule has 3 amide bonds. The highest BCUT2D eigenvalue weighted by Crippen LogP contribution is 2.30. The van der Waals surface area contributed by atoms with Crippen LogP contribution >= 0.6 is 0 Å². The fourth-order valence-electron chi connectivity index (χ4n) is 5.05. The molecule has 4 rings (SSSR count). The van der Waals surface area contributed by atoms with E-state index in [1.165, 1.54) is 23.5 Å². The monoisotopic (exact) mass is 541 g/mol. The van der Waals surface area contributed by atoms with E-state index in [4.69, 9.17) is 4.74 Å². The summed E-state index contributed by atoms with van der Waals surface area (Å²) in [6.45, 7) is 1.82. The van der Waals surface area contributed by atoms with Crippen molar-refractivity contribution in [2.75, 3.05) is 13.7 Å². The molecule has 0 radical (unpaired) electrons. The third-order valence-corrected chi connectivity index (χ3v) is 9.14. The van der Waals surface area contributed by atoms with Crippen LogP contribution in [0.1, 0.15) is 67.8 Å². The van der Waals surface area contributed by atoms with Crippen LogP contribution in [0, 0.1) is 0 Å². The minimum Gasteiger partial charge on any atom is -0.497 e. The first-order chi connectivity index (χ1) is 18.2. The Balaban J connectivity index is 1.44. The average Bonchev–Trinajstić information content (AvgIpc) is 3.12. The first-order valence-electron chi connectivity index (χ1n) is 13.1. The molecule has 1 N–H and O–H groups in total. The third-order valence-electron chi connectivity index (χ3n) is 7.29. The Kier molecular flexibility index (Phi) is 8.71. The van der Waals surface area contributed by atoms with Crippen molar-refractivity contribution < 1.29 is 27.5 Å². The predicted molar refractivity (Wildman–Crippen MR) is 142 cm³/mol. The maximum atomic E-state index is 13.4. The summed E-state index contributed by atoms with van der Waals surface area (Å²) in [5.41, 5.74) is 0.983. The van der Waals surface area contributed by atoms with Gasteiger partial charge in [0.1, 0.15) is 16.7 Å². The molecule has 1 atom stereocenters. The van der Waals surface area contributed by atoms with Gasteiger partial charge in [-0.3, -0.25) is 14.4 Å². The summed E-state index contributed by atoms with van der Waals surface area (Å²) < 4.78 is 31.7. The molecule has 0 spiro atoms. The van der Waals surface area contributed by atoms with Gasteiger partial charge in [-0.2, -0.15) is 0 Å². The van der Waals surface area contributed by atoms with Crippen LogP contribution in [0.3, 0.4) is 0 Å². The van der Waals surface area contributed by atoms with Gasteiger partial charge in [0.05, 0.1) is 12.7 Å². The van der Waals surface area contributed by atoms with Crippen LogP contribution in [0.15, 0.2) is 53.4 Å². The molecule has 1 heterocycles. The van der Waals surface area contributed by atoms with E-state index < -0.39 is 22.0 Å². The zero-order valence-electron chi connectivity index (χ0n) is 21.9. The highest BCUT2D eigenvalue weighted by atomic mass is 32.2. The largest absolute Gasteiger partial charge is 0.497 e. The molecule has 2 aliphatic rings. The molecular formula is C28H35N3O6S. The SMILES string of the molecule is COc1ccc(CN(C(=O)CCCN2C(=O)c3ccccc3S2(=O)=O)[C@H](C)C(=O)NC2CCCCC2)cc1. The Morgan fingerprint density at radius 3 is 2.42 bits per heavy atom. The van der Waals surface area contributed by atoms with Gasteiger partial charge in [-0.15, -0.1) is 0 Å². The lowest BCUT2D eigenvalue weighted by atomic mass is 9.95. The number of carbonyl (C=O) groups excluding carboxylic acids is 3. The number of nitrogens with one attached hydrogen (secondary N) is 1. The molecule has 1 aliphatic carbocycles. The number of hydrogen-bond donors (Lipinski definition) is 1. The van der Waals surface area contributed by atoms with Gasteiger partial charge in [-0.25, -0.2) is 12.7 Å². The molecule has 1 fully saturated rings. The van der Waals surface area contributed by atoms with Crippen LogP contribution < -0.4 is 10.1 Å². The number of methoxy groups -OCH3 is 1. The van der Waals surface area contributed by atoms with Crippen LogP contribution in [0.4, 0.5) is 0 Å². The predicted octanol–water partition coefficient (Wildman–Crippen LogP) is 3.49. The zero-order chi connectivity index (χ0) is 27.3. The van der Waals surface area contributed by atoms with E-state index in [0.717, 1.165) is 35.6 Å². The van der Waals surface area contributed by atoms with Crippen molar-refractivity contribution in [3.8, 4) is 5.75 Å². The van der Waals surface area contributed by atoms with Gasteiger partial charge in [0.2, 0.25) is 11.8 Å². The summed E-state index contributed by atoms with van der Waals surface area (Å²) in [5.74, 6) is -0.379. The lowest BCUT2D eigenvalue weighted by molar-refractivity contribution is -0.141. The zero-order valence-corrected chi connectivity index (χ0v) is 22.7. The van der Waals surface area contributed by atoms with E-state index >= 15 is 0 Å². The summed E-state index contributed by atoms with van der Waals surface area (Å²) >= 11 is 0. The highest BCUT2D eigenvalue weighted by Gasteiger charge is 2.40. The van der Waals surface area contributed by atoms with Crippen molar-refractivity contribution in [2.24, 2.45) is 0 Å². The van der Waals surface area contributed by atoms with E-state index in [9.17, 15) is 22.8 Å². The smallest absolute Gasteiger partial charge is 0.269 e. The normalized spacial score (nSPS) is 17.5. The molecule has 2 aromatic carbocycles. The molecule has 0 bridgehead atoms. The number of rotatable bonds is 10. The van der Waals surface area contributed by atoms with Crippen LogP contribution in [0.5, 0.6) is 5.75 Å².